The molecule has 19 heavy (non-hydrogen) atoms. The minimum absolute atomic E-state index is 0.727. The maximum atomic E-state index is 11.3. The van der Waals surface area contributed by atoms with E-state index in [0.29, 0.717) is 0 Å². The Labute approximate surface area is 120 Å². The second-order valence-electron chi connectivity index (χ2n) is 5.30. The van der Waals surface area contributed by atoms with Crippen LogP contribution in [-0.2, 0) is 4.79 Å². The van der Waals surface area contributed by atoms with Crippen LogP contribution < -0.4 is 0 Å². The molecule has 3 heteroatoms. The van der Waals surface area contributed by atoms with Crippen LogP contribution in [0.5, 0.6) is 0 Å². The van der Waals surface area contributed by atoms with Gasteiger partial charge in [0.05, 0.1) is 0 Å². The van der Waals surface area contributed by atoms with Gasteiger partial charge in [-0.25, -0.2) is 0 Å². The number of aldehydes is 1. The van der Waals surface area contributed by atoms with E-state index in [9.17, 15) is 4.79 Å². The predicted octanol–water partition coefficient (Wildman–Crippen LogP) is 3.61. The van der Waals surface area contributed by atoms with Crippen LogP contribution >= 0.6 is 11.6 Å². The highest BCUT2D eigenvalue weighted by atomic mass is 35.5. The highest BCUT2D eigenvalue weighted by molar-refractivity contribution is 6.30. The van der Waals surface area contributed by atoms with Gasteiger partial charge >= 0.3 is 0 Å². The molecule has 0 spiro atoms. The van der Waals surface area contributed by atoms with Crippen LogP contribution in [0.3, 0.4) is 0 Å². The molecular weight excluding hydrogens is 258 g/mol. The van der Waals surface area contributed by atoms with Crippen molar-refractivity contribution in [1.82, 2.24) is 4.90 Å². The van der Waals surface area contributed by atoms with Gasteiger partial charge in [-0.05, 0) is 35.6 Å². The van der Waals surface area contributed by atoms with Crippen molar-refractivity contribution in [3.8, 4) is 0 Å². The van der Waals surface area contributed by atoms with Gasteiger partial charge in [-0.1, -0.05) is 37.6 Å². The number of hydrogen-bond acceptors (Lipinski definition) is 2. The van der Waals surface area contributed by atoms with Gasteiger partial charge in [0.1, 0.15) is 6.29 Å². The molecule has 2 rings (SSSR count). The molecule has 2 nitrogen and oxygen atoms in total. The van der Waals surface area contributed by atoms with E-state index in [-0.39, 0.29) is 0 Å². The van der Waals surface area contributed by atoms with Gasteiger partial charge in [-0.2, -0.15) is 0 Å². The molecule has 1 aliphatic rings. The van der Waals surface area contributed by atoms with Crippen molar-refractivity contribution in [2.24, 2.45) is 0 Å². The van der Waals surface area contributed by atoms with E-state index in [4.69, 9.17) is 11.6 Å². The van der Waals surface area contributed by atoms with Crippen molar-refractivity contribution in [1.29, 1.82) is 0 Å². The largest absolute Gasteiger partial charge is 0.298 e. The van der Waals surface area contributed by atoms with Gasteiger partial charge < -0.3 is 0 Å². The number of benzene rings is 1. The highest BCUT2D eigenvalue weighted by Crippen LogP contribution is 2.27. The molecule has 0 N–H and O–H groups in total. The van der Waals surface area contributed by atoms with Gasteiger partial charge in [0.2, 0.25) is 0 Å². The van der Waals surface area contributed by atoms with Crippen molar-refractivity contribution >= 4 is 23.5 Å². The smallest absolute Gasteiger partial charge is 0.147 e. The summed E-state index contributed by atoms with van der Waals surface area (Å²) in [6.45, 7) is 6.95. The molecule has 1 radical (unpaired) electrons. The van der Waals surface area contributed by atoms with Crippen molar-refractivity contribution in [3.63, 3.8) is 0 Å². The Bertz CT molecular complexity index is 476. The Morgan fingerprint density at radius 2 is 2.00 bits per heavy atom. The molecular formula is C16H19ClNO. The molecule has 1 heterocycles. The van der Waals surface area contributed by atoms with Gasteiger partial charge in [-0.3, -0.25) is 9.69 Å². The summed E-state index contributed by atoms with van der Waals surface area (Å²) in [6.07, 6.45) is 1.92. The first kappa shape index (κ1) is 14.3. The summed E-state index contributed by atoms with van der Waals surface area (Å²) in [6, 6.07) is 7.74. The molecule has 0 saturated heterocycles. The third-order valence-electron chi connectivity index (χ3n) is 3.33. The first-order valence-corrected chi connectivity index (χ1v) is 6.92. The molecule has 0 fully saturated rings. The Kier molecular flexibility index (Phi) is 4.78. The van der Waals surface area contributed by atoms with Crippen LogP contribution in [0.15, 0.2) is 29.8 Å². The van der Waals surface area contributed by atoms with Crippen LogP contribution in [0.4, 0.5) is 0 Å². The zero-order valence-electron chi connectivity index (χ0n) is 11.4. The highest BCUT2D eigenvalue weighted by Gasteiger charge is 2.20. The van der Waals surface area contributed by atoms with Crippen LogP contribution in [0.1, 0.15) is 25.8 Å². The van der Waals surface area contributed by atoms with Crippen LogP contribution in [0, 0.1) is 5.92 Å². The van der Waals surface area contributed by atoms with E-state index in [1.54, 1.807) is 0 Å². The van der Waals surface area contributed by atoms with Crippen molar-refractivity contribution < 1.29 is 4.79 Å². The molecule has 0 saturated carbocycles. The van der Waals surface area contributed by atoms with Crippen molar-refractivity contribution in [3.05, 3.63) is 46.3 Å². The second-order valence-corrected chi connectivity index (χ2v) is 5.73. The standard InChI is InChI=1S/C16H19ClNO/c1-12(2)9-18-8-7-16(14(10-18)11-19)13-3-5-15(17)6-4-13/h3-6,11H,7-10H2,1-2H3. The lowest BCUT2D eigenvalue weighted by Crippen LogP contribution is -2.34. The van der Waals surface area contributed by atoms with Crippen molar-refractivity contribution in [2.45, 2.75) is 20.3 Å². The number of carbonyl (C=O) groups is 1. The van der Waals surface area contributed by atoms with E-state index in [2.05, 4.69) is 18.7 Å². The quantitative estimate of drug-likeness (QED) is 0.783. The minimum atomic E-state index is 0.727. The fraction of sp³-hybridized carbons (Fsp3) is 0.375. The molecule has 0 amide bonds. The summed E-state index contributed by atoms with van der Waals surface area (Å²) >= 11 is 5.90. The molecule has 0 aromatic heterocycles. The van der Waals surface area contributed by atoms with E-state index in [0.717, 1.165) is 54.1 Å². The lowest BCUT2D eigenvalue weighted by Gasteiger charge is -2.30. The first-order chi connectivity index (χ1) is 9.10. The summed E-state index contributed by atoms with van der Waals surface area (Å²) in [7, 11) is 0. The molecule has 0 unspecified atom stereocenters. The van der Waals surface area contributed by atoms with E-state index < -0.39 is 0 Å². The van der Waals surface area contributed by atoms with Crippen LogP contribution in [0.25, 0.3) is 5.57 Å². The summed E-state index contributed by atoms with van der Waals surface area (Å²) in [5.41, 5.74) is 3.18. The third kappa shape index (κ3) is 3.68. The summed E-state index contributed by atoms with van der Waals surface area (Å²) < 4.78 is 0. The molecule has 101 valence electrons. The number of halogens is 1. The van der Waals surface area contributed by atoms with Gasteiger partial charge in [0.25, 0.3) is 0 Å². The lowest BCUT2D eigenvalue weighted by atomic mass is 9.93. The van der Waals surface area contributed by atoms with Crippen LogP contribution in [-0.4, -0.2) is 30.8 Å². The number of hydrogen-bond donors (Lipinski definition) is 0. The Hall–Kier alpha value is -1.12. The monoisotopic (exact) mass is 276 g/mol. The number of rotatable bonds is 4. The molecule has 0 bridgehead atoms. The molecule has 1 aromatic rings. The van der Waals surface area contributed by atoms with Gasteiger partial charge in [0, 0.05) is 30.2 Å². The van der Waals surface area contributed by atoms with Crippen LogP contribution in [0.2, 0.25) is 5.02 Å². The van der Waals surface area contributed by atoms with E-state index in [1.165, 1.54) is 5.92 Å². The minimum Gasteiger partial charge on any atom is -0.298 e. The molecule has 0 atom stereocenters. The Morgan fingerprint density at radius 1 is 1.32 bits per heavy atom. The second kappa shape index (κ2) is 6.36. The topological polar surface area (TPSA) is 20.3 Å². The van der Waals surface area contributed by atoms with Crippen molar-refractivity contribution in [2.75, 3.05) is 19.6 Å². The lowest BCUT2D eigenvalue weighted by molar-refractivity contribution is -0.105. The SMILES string of the molecule is C[C](C)CN1CCC(c2ccc(Cl)cc2)=C(C=O)C1. The normalized spacial score (nSPS) is 17.1. The summed E-state index contributed by atoms with van der Waals surface area (Å²) in [5.74, 6) is 1.38. The third-order valence-corrected chi connectivity index (χ3v) is 3.59. The molecule has 1 aromatic carbocycles. The molecule has 0 aliphatic carbocycles. The average molecular weight is 277 g/mol. The van der Waals surface area contributed by atoms with E-state index in [1.807, 2.05) is 24.3 Å². The Balaban J connectivity index is 2.21. The average Bonchev–Trinajstić information content (AvgIpc) is 2.39. The fourth-order valence-corrected chi connectivity index (χ4v) is 2.64. The molecule has 1 aliphatic heterocycles. The predicted molar refractivity (Wildman–Crippen MR) is 80.1 cm³/mol. The van der Waals surface area contributed by atoms with Gasteiger partial charge in [0.15, 0.2) is 0 Å². The summed E-state index contributed by atoms with van der Waals surface area (Å²) in [4.78, 5) is 13.6. The Morgan fingerprint density at radius 3 is 2.58 bits per heavy atom. The zero-order chi connectivity index (χ0) is 13.8. The number of carbonyl (C=O) groups excluding carboxylic acids is 1. The van der Waals surface area contributed by atoms with Gasteiger partial charge in [-0.15, -0.1) is 0 Å². The summed E-state index contributed by atoms with van der Waals surface area (Å²) in [5, 5.41) is 0.727. The maximum absolute atomic E-state index is 11.3. The first-order valence-electron chi connectivity index (χ1n) is 6.54. The zero-order valence-corrected chi connectivity index (χ0v) is 12.2. The number of nitrogens with zero attached hydrogens (tertiary/aromatic N) is 1. The fourth-order valence-electron chi connectivity index (χ4n) is 2.52. The van der Waals surface area contributed by atoms with E-state index >= 15 is 0 Å². The maximum Gasteiger partial charge on any atom is 0.147 e.